The number of carbonyl (C=O) groups excluding carboxylic acids is 1. The molecule has 2 aromatic heterocycles. The molecule has 0 unspecified atom stereocenters. The van der Waals surface area contributed by atoms with Gasteiger partial charge in [-0.3, -0.25) is 0 Å². The van der Waals surface area contributed by atoms with Gasteiger partial charge in [-0.05, 0) is 24.3 Å². The van der Waals surface area contributed by atoms with E-state index in [0.29, 0.717) is 46.5 Å². The van der Waals surface area contributed by atoms with E-state index >= 15 is 0 Å². The number of para-hydroxylation sites is 1. The van der Waals surface area contributed by atoms with Gasteiger partial charge in [0.2, 0.25) is 4.96 Å². The average Bonchev–Trinajstić information content (AvgIpc) is 3.35. The largest absolute Gasteiger partial charge is 0.493 e. The second-order valence-electron chi connectivity index (χ2n) is 6.51. The van der Waals surface area contributed by atoms with E-state index in [1.165, 1.54) is 31.6 Å². The summed E-state index contributed by atoms with van der Waals surface area (Å²) in [6, 6.07) is 11.3. The van der Waals surface area contributed by atoms with E-state index < -0.39 is 0 Å². The number of nitrogens with zero attached hydrogens (tertiary/aromatic N) is 3. The zero-order valence-corrected chi connectivity index (χ0v) is 17.7. The molecular weight excluding hydrogens is 421 g/mol. The average molecular weight is 441 g/mol. The number of thiazole rings is 1. The summed E-state index contributed by atoms with van der Waals surface area (Å²) in [7, 11) is 3.04. The molecular formula is C21H20FN5O3S. The zero-order chi connectivity index (χ0) is 21.8. The van der Waals surface area contributed by atoms with Crippen LogP contribution in [0.3, 0.4) is 0 Å². The third kappa shape index (κ3) is 4.29. The lowest BCUT2D eigenvalue weighted by atomic mass is 10.2. The maximum Gasteiger partial charge on any atom is 0.319 e. The molecule has 2 N–H and O–H groups in total. The summed E-state index contributed by atoms with van der Waals surface area (Å²) in [5, 5.41) is 11.9. The molecule has 0 fully saturated rings. The lowest BCUT2D eigenvalue weighted by molar-refractivity contribution is 0.252. The number of rotatable bonds is 7. The molecule has 2 aromatic carbocycles. The van der Waals surface area contributed by atoms with Gasteiger partial charge in [-0.25, -0.2) is 13.7 Å². The van der Waals surface area contributed by atoms with E-state index in [-0.39, 0.29) is 11.8 Å². The smallest absolute Gasteiger partial charge is 0.319 e. The fraction of sp³-hybridized carbons (Fsp3) is 0.190. The van der Waals surface area contributed by atoms with Crippen LogP contribution in [0.1, 0.15) is 5.69 Å². The van der Waals surface area contributed by atoms with Crippen LogP contribution in [0.15, 0.2) is 47.8 Å². The minimum Gasteiger partial charge on any atom is -0.493 e. The summed E-state index contributed by atoms with van der Waals surface area (Å²) in [4.78, 5) is 17.4. The van der Waals surface area contributed by atoms with E-state index in [2.05, 4.69) is 20.7 Å². The van der Waals surface area contributed by atoms with E-state index in [9.17, 15) is 9.18 Å². The summed E-state index contributed by atoms with van der Waals surface area (Å²) in [6.45, 7) is 0.374. The molecule has 0 radical (unpaired) electrons. The maximum atomic E-state index is 14.0. The summed E-state index contributed by atoms with van der Waals surface area (Å²) < 4.78 is 26.3. The summed E-state index contributed by atoms with van der Waals surface area (Å²) in [5.74, 6) is 0.941. The van der Waals surface area contributed by atoms with E-state index in [1.54, 1.807) is 40.9 Å². The van der Waals surface area contributed by atoms with E-state index in [0.717, 1.165) is 5.69 Å². The van der Waals surface area contributed by atoms with Crippen molar-refractivity contribution in [3.8, 4) is 22.9 Å². The Morgan fingerprint density at radius 3 is 2.77 bits per heavy atom. The third-order valence-corrected chi connectivity index (χ3v) is 5.45. The Labute approximate surface area is 181 Å². The number of methoxy groups -OCH3 is 2. The van der Waals surface area contributed by atoms with E-state index in [4.69, 9.17) is 9.47 Å². The Bertz CT molecular complexity index is 1220. The number of urea groups is 1. The minimum absolute atomic E-state index is 0.335. The number of hydrogen-bond donors (Lipinski definition) is 2. The van der Waals surface area contributed by atoms with Gasteiger partial charge in [-0.1, -0.05) is 18.2 Å². The van der Waals surface area contributed by atoms with Crippen LogP contribution in [-0.4, -0.2) is 41.4 Å². The lowest BCUT2D eigenvalue weighted by Crippen LogP contribution is -2.30. The topological polar surface area (TPSA) is 89.8 Å². The standard InChI is InChI=1S/C21H20FN5O3S/c1-29-17-9-5-8-16(18(17)30-2)24-20(28)23-11-10-13-12-31-21-25-19(26-27(13)21)14-6-3-4-7-15(14)22/h3-9,12H,10-11H2,1-2H3,(H2,23,24,28). The predicted octanol–water partition coefficient (Wildman–Crippen LogP) is 3.98. The first-order valence-corrected chi connectivity index (χ1v) is 10.3. The van der Waals surface area contributed by atoms with Crippen LogP contribution in [0.5, 0.6) is 11.5 Å². The van der Waals surface area contributed by atoms with Gasteiger partial charge < -0.3 is 20.1 Å². The first-order chi connectivity index (χ1) is 15.1. The summed E-state index contributed by atoms with van der Waals surface area (Å²) in [5.41, 5.74) is 1.73. The highest BCUT2D eigenvalue weighted by molar-refractivity contribution is 7.15. The molecule has 0 saturated carbocycles. The third-order valence-electron chi connectivity index (χ3n) is 4.58. The van der Waals surface area contributed by atoms with Crippen LogP contribution < -0.4 is 20.1 Å². The first-order valence-electron chi connectivity index (χ1n) is 9.44. The number of fused-ring (bicyclic) bond motifs is 1. The lowest BCUT2D eigenvalue weighted by Gasteiger charge is -2.13. The number of aromatic nitrogens is 3. The second kappa shape index (κ2) is 9.00. The van der Waals surface area contributed by atoms with Gasteiger partial charge in [-0.15, -0.1) is 16.4 Å². The fourth-order valence-electron chi connectivity index (χ4n) is 3.11. The second-order valence-corrected chi connectivity index (χ2v) is 7.35. The molecule has 4 rings (SSSR count). The molecule has 2 amide bonds. The molecule has 0 aliphatic rings. The highest BCUT2D eigenvalue weighted by Gasteiger charge is 2.15. The number of nitrogens with one attached hydrogen (secondary N) is 2. The number of ether oxygens (including phenoxy) is 2. The van der Waals surface area contributed by atoms with Gasteiger partial charge in [0.05, 0.1) is 31.2 Å². The van der Waals surface area contributed by atoms with Crippen LogP contribution in [0.2, 0.25) is 0 Å². The molecule has 31 heavy (non-hydrogen) atoms. The van der Waals surface area contributed by atoms with Gasteiger partial charge in [0.1, 0.15) is 5.82 Å². The Morgan fingerprint density at radius 1 is 1.16 bits per heavy atom. The van der Waals surface area contributed by atoms with Gasteiger partial charge in [0, 0.05) is 18.3 Å². The Balaban J connectivity index is 1.40. The van der Waals surface area contributed by atoms with Crippen LogP contribution in [0.25, 0.3) is 16.3 Å². The number of carbonyl (C=O) groups is 1. The highest BCUT2D eigenvalue weighted by Crippen LogP contribution is 2.34. The van der Waals surface area contributed by atoms with Gasteiger partial charge >= 0.3 is 6.03 Å². The maximum absolute atomic E-state index is 14.0. The number of benzene rings is 2. The minimum atomic E-state index is -0.372. The fourth-order valence-corrected chi connectivity index (χ4v) is 3.97. The van der Waals surface area contributed by atoms with Crippen molar-refractivity contribution < 1.29 is 18.7 Å². The normalized spacial score (nSPS) is 10.8. The molecule has 0 atom stereocenters. The number of anilines is 1. The number of halogens is 1. The van der Waals surface area contributed by atoms with Crippen molar-refractivity contribution in [2.45, 2.75) is 6.42 Å². The molecule has 0 aliphatic carbocycles. The number of amides is 2. The van der Waals surface area contributed by atoms with Crippen molar-refractivity contribution >= 4 is 28.0 Å². The van der Waals surface area contributed by atoms with Crippen LogP contribution in [0, 0.1) is 5.82 Å². The highest BCUT2D eigenvalue weighted by atomic mass is 32.1. The van der Waals surface area contributed by atoms with Crippen molar-refractivity contribution in [3.63, 3.8) is 0 Å². The summed E-state index contributed by atoms with van der Waals surface area (Å²) in [6.07, 6.45) is 0.530. The van der Waals surface area contributed by atoms with Crippen molar-refractivity contribution in [1.29, 1.82) is 0 Å². The van der Waals surface area contributed by atoms with Crippen molar-refractivity contribution in [2.75, 3.05) is 26.1 Å². The zero-order valence-electron chi connectivity index (χ0n) is 16.9. The predicted molar refractivity (Wildman–Crippen MR) is 117 cm³/mol. The van der Waals surface area contributed by atoms with Gasteiger partial charge in [-0.2, -0.15) is 4.98 Å². The van der Waals surface area contributed by atoms with Crippen molar-refractivity contribution in [3.05, 3.63) is 59.4 Å². The Kier molecular flexibility index (Phi) is 5.99. The SMILES string of the molecule is COc1cccc(NC(=O)NCCc2csc3nc(-c4ccccc4F)nn23)c1OC. The molecule has 0 aliphatic heterocycles. The molecule has 8 nitrogen and oxygen atoms in total. The van der Waals surface area contributed by atoms with Gasteiger partial charge in [0.15, 0.2) is 17.3 Å². The molecule has 0 bridgehead atoms. The molecule has 4 aromatic rings. The molecule has 10 heteroatoms. The monoisotopic (exact) mass is 441 g/mol. The molecule has 2 heterocycles. The van der Waals surface area contributed by atoms with Crippen LogP contribution >= 0.6 is 11.3 Å². The molecule has 0 spiro atoms. The molecule has 160 valence electrons. The number of hydrogen-bond acceptors (Lipinski definition) is 6. The van der Waals surface area contributed by atoms with Gasteiger partial charge in [0.25, 0.3) is 0 Å². The summed E-state index contributed by atoms with van der Waals surface area (Å²) >= 11 is 1.41. The Morgan fingerprint density at radius 2 is 2.00 bits per heavy atom. The van der Waals surface area contributed by atoms with Crippen molar-refractivity contribution in [1.82, 2.24) is 19.9 Å². The molecule has 0 saturated heterocycles. The quantitative estimate of drug-likeness (QED) is 0.453. The Hall–Kier alpha value is -3.66. The van der Waals surface area contributed by atoms with Crippen LogP contribution in [0.4, 0.5) is 14.9 Å². The van der Waals surface area contributed by atoms with E-state index in [1.807, 2.05) is 5.38 Å². The van der Waals surface area contributed by atoms with Crippen LogP contribution in [-0.2, 0) is 6.42 Å². The van der Waals surface area contributed by atoms with Crippen molar-refractivity contribution in [2.24, 2.45) is 0 Å². The first kappa shape index (κ1) is 20.6.